The van der Waals surface area contributed by atoms with Crippen LogP contribution in [0.4, 0.5) is 0 Å². The van der Waals surface area contributed by atoms with Gasteiger partial charge in [0, 0.05) is 37.8 Å². The summed E-state index contributed by atoms with van der Waals surface area (Å²) in [6, 6.07) is 0. The quantitative estimate of drug-likeness (QED) is 0.455. The van der Waals surface area contributed by atoms with Gasteiger partial charge in [-0.3, -0.25) is 0 Å². The molecule has 7 heavy (non-hydrogen) atoms. The summed E-state index contributed by atoms with van der Waals surface area (Å²) in [5, 5.41) is -0.162. The van der Waals surface area contributed by atoms with Crippen molar-refractivity contribution in [2.75, 3.05) is 0 Å². The van der Waals surface area contributed by atoms with E-state index in [1.807, 2.05) is 0 Å². The second-order valence-electron chi connectivity index (χ2n) is 0.726. The third-order valence-corrected chi connectivity index (χ3v) is 0.577. The SMILES string of the molecule is CCC(=O)[S-].[CH3-].[Y]. The van der Waals surface area contributed by atoms with Crippen LogP contribution < -0.4 is 0 Å². The molecule has 3 heteroatoms. The molecule has 0 aliphatic rings. The van der Waals surface area contributed by atoms with Gasteiger partial charge in [0.2, 0.25) is 0 Å². The summed E-state index contributed by atoms with van der Waals surface area (Å²) in [4.78, 5) is 9.63. The predicted molar refractivity (Wildman–Crippen MR) is 29.1 cm³/mol. The number of carbonyl (C=O) groups excluding carboxylic acids is 1. The molecule has 0 fully saturated rings. The van der Waals surface area contributed by atoms with Crippen LogP contribution >= 0.6 is 0 Å². The van der Waals surface area contributed by atoms with Gasteiger partial charge in [0.15, 0.2) is 0 Å². The maximum Gasteiger partial charge on any atom is 0.0116 e. The third kappa shape index (κ3) is 19.5. The molecule has 41 valence electrons. The van der Waals surface area contributed by atoms with Crippen LogP contribution in [-0.2, 0) is 50.1 Å². The summed E-state index contributed by atoms with van der Waals surface area (Å²) in [5.74, 6) is 0. The van der Waals surface area contributed by atoms with Gasteiger partial charge in [0.05, 0.1) is 0 Å². The number of carbonyl (C=O) groups is 1. The van der Waals surface area contributed by atoms with Crippen molar-refractivity contribution in [2.24, 2.45) is 0 Å². The number of rotatable bonds is 1. The molecule has 0 bridgehead atoms. The Bertz CT molecular complexity index is 47.0. The van der Waals surface area contributed by atoms with Crippen LogP contribution in [0.3, 0.4) is 0 Å². The van der Waals surface area contributed by atoms with Crippen LogP contribution in [-0.4, -0.2) is 5.12 Å². The molecule has 0 atom stereocenters. The first-order chi connectivity index (χ1) is 2.27. The van der Waals surface area contributed by atoms with Crippen LogP contribution in [0.5, 0.6) is 0 Å². The molecule has 0 aromatic heterocycles. The average Bonchev–Trinajstić information content (AvgIpc) is 1.38. The fourth-order valence-electron chi connectivity index (χ4n) is 0. The molecule has 1 nitrogen and oxygen atoms in total. The van der Waals surface area contributed by atoms with Crippen molar-refractivity contribution in [3.63, 3.8) is 0 Å². The summed E-state index contributed by atoms with van der Waals surface area (Å²) in [5.41, 5.74) is 0. The average molecular weight is 193 g/mol. The second kappa shape index (κ2) is 10.1. The van der Waals surface area contributed by atoms with Gasteiger partial charge in [-0.2, -0.15) is 0 Å². The summed E-state index contributed by atoms with van der Waals surface area (Å²) in [6.07, 6.45) is 0.481. The molecule has 0 amide bonds. The molecule has 0 rings (SSSR count). The summed E-state index contributed by atoms with van der Waals surface area (Å²) in [7, 11) is 0. The third-order valence-electron chi connectivity index (χ3n) is 0.289. The van der Waals surface area contributed by atoms with Crippen LogP contribution in [0.1, 0.15) is 13.3 Å². The second-order valence-corrected chi connectivity index (χ2v) is 1.18. The fraction of sp³-hybridized carbons (Fsp3) is 0.500. The maximum absolute atomic E-state index is 9.63. The minimum Gasteiger partial charge on any atom is -0.742 e. The molecule has 1 radical (unpaired) electrons. The van der Waals surface area contributed by atoms with E-state index in [4.69, 9.17) is 0 Å². The van der Waals surface area contributed by atoms with Gasteiger partial charge in [-0.05, 0) is 6.42 Å². The van der Waals surface area contributed by atoms with E-state index in [1.165, 1.54) is 0 Å². The monoisotopic (exact) mass is 193 g/mol. The molecule has 0 heterocycles. The maximum atomic E-state index is 9.63. The Balaban J connectivity index is -0.0000000800. The van der Waals surface area contributed by atoms with Crippen molar-refractivity contribution in [3.8, 4) is 0 Å². The van der Waals surface area contributed by atoms with Crippen molar-refractivity contribution in [1.29, 1.82) is 0 Å². The molecule has 0 aliphatic carbocycles. The normalized spacial score (nSPS) is 5.29. The van der Waals surface area contributed by atoms with Crippen LogP contribution in [0, 0.1) is 7.43 Å². The van der Waals surface area contributed by atoms with Crippen LogP contribution in [0.15, 0.2) is 0 Å². The van der Waals surface area contributed by atoms with E-state index < -0.39 is 0 Å². The first kappa shape index (κ1) is 15.7. The van der Waals surface area contributed by atoms with Gasteiger partial charge in [-0.15, -0.1) is 0 Å². The Morgan fingerprint density at radius 1 is 1.71 bits per heavy atom. The molecular formula is C4H8OSY-2. The minimum absolute atomic E-state index is 0. The van der Waals surface area contributed by atoms with Crippen molar-refractivity contribution >= 4 is 17.7 Å². The van der Waals surface area contributed by atoms with E-state index in [0.717, 1.165) is 0 Å². The fourth-order valence-corrected chi connectivity index (χ4v) is 0. The first-order valence-corrected chi connectivity index (χ1v) is 1.88. The van der Waals surface area contributed by atoms with Crippen molar-refractivity contribution in [2.45, 2.75) is 13.3 Å². The Kier molecular flexibility index (Phi) is 22.6. The molecule has 0 N–H and O–H groups in total. The Morgan fingerprint density at radius 3 is 1.86 bits per heavy atom. The standard InChI is InChI=1S/C3H6OS.CH3.Y/c1-2-3(4)5;;/h2H2,1H3,(H,4,5);1H3;/q;-1;/p-1. The zero-order valence-electron chi connectivity index (χ0n) is 4.60. The van der Waals surface area contributed by atoms with Gasteiger partial charge >= 0.3 is 0 Å². The van der Waals surface area contributed by atoms with E-state index in [0.29, 0.717) is 6.42 Å². The minimum atomic E-state index is -0.162. The topological polar surface area (TPSA) is 17.1 Å². The first-order valence-electron chi connectivity index (χ1n) is 1.47. The Hall–Kier alpha value is 0.994. The van der Waals surface area contributed by atoms with Crippen LogP contribution in [0.2, 0.25) is 0 Å². The molecular weight excluding hydrogens is 185 g/mol. The van der Waals surface area contributed by atoms with E-state index in [-0.39, 0.29) is 45.3 Å². The molecule has 0 aliphatic heterocycles. The van der Waals surface area contributed by atoms with Gasteiger partial charge in [0.25, 0.3) is 0 Å². The van der Waals surface area contributed by atoms with Crippen molar-refractivity contribution in [3.05, 3.63) is 7.43 Å². The summed E-state index contributed by atoms with van der Waals surface area (Å²) < 4.78 is 0. The van der Waals surface area contributed by atoms with E-state index >= 15 is 0 Å². The molecule has 0 saturated heterocycles. The largest absolute Gasteiger partial charge is 0.742 e. The van der Waals surface area contributed by atoms with Gasteiger partial charge in [-0.1, -0.05) is 6.92 Å². The van der Waals surface area contributed by atoms with Crippen LogP contribution in [0.25, 0.3) is 0 Å². The zero-order valence-corrected chi connectivity index (χ0v) is 8.26. The molecule has 0 spiro atoms. The van der Waals surface area contributed by atoms with E-state index in [2.05, 4.69) is 12.6 Å². The number of hydrogen-bond acceptors (Lipinski definition) is 2. The number of hydrogen-bond donors (Lipinski definition) is 0. The van der Waals surface area contributed by atoms with Gasteiger partial charge in [-0.25, -0.2) is 0 Å². The molecule has 0 aromatic carbocycles. The Labute approximate surface area is 75.5 Å². The molecule has 0 aromatic rings. The Morgan fingerprint density at radius 2 is 1.86 bits per heavy atom. The predicted octanol–water partition coefficient (Wildman–Crippen LogP) is 0.918. The molecule has 0 saturated carbocycles. The van der Waals surface area contributed by atoms with Crippen molar-refractivity contribution in [1.82, 2.24) is 0 Å². The van der Waals surface area contributed by atoms with Crippen molar-refractivity contribution < 1.29 is 37.5 Å². The van der Waals surface area contributed by atoms with E-state index in [1.54, 1.807) is 6.92 Å². The van der Waals surface area contributed by atoms with Gasteiger partial charge < -0.3 is 24.8 Å². The molecule has 0 unspecified atom stereocenters. The summed E-state index contributed by atoms with van der Waals surface area (Å²) >= 11 is 4.14. The summed E-state index contributed by atoms with van der Waals surface area (Å²) in [6.45, 7) is 1.75. The smallest absolute Gasteiger partial charge is 0.0116 e. The zero-order chi connectivity index (χ0) is 4.28. The van der Waals surface area contributed by atoms with Gasteiger partial charge in [0.1, 0.15) is 0 Å². The van der Waals surface area contributed by atoms with E-state index in [9.17, 15) is 4.79 Å².